The molecule has 0 spiro atoms. The molecule has 5 aromatic rings. The molecule has 31 heteroatoms. The zero-order valence-corrected chi connectivity index (χ0v) is 51.0. The van der Waals surface area contributed by atoms with Crippen LogP contribution in [0.2, 0.25) is 0 Å². The number of allylic oxidation sites excluding steroid dienone is 4. The topological polar surface area (TPSA) is 369 Å². The minimum atomic E-state index is -5.09. The van der Waals surface area contributed by atoms with Gasteiger partial charge in [0.05, 0.1) is 101 Å². The molecular weight excluding hydrogens is 1210 g/mol. The molecule has 2 aliphatic rings. The molecule has 3 heterocycles. The summed E-state index contributed by atoms with van der Waals surface area (Å²) in [5, 5.41) is 19.4. The maximum absolute atomic E-state index is 13.0. The first-order chi connectivity index (χ1) is 40.5. The van der Waals surface area contributed by atoms with Crippen LogP contribution in [0.5, 0.6) is 11.8 Å². The van der Waals surface area contributed by atoms with E-state index in [2.05, 4.69) is 0 Å². The molecule has 4 aromatic carbocycles. The number of carbonyl (C=O) groups excluding carboxylic acids is 1. The number of nitrogens with zero attached hydrogens (tertiary/aromatic N) is 3. The van der Waals surface area contributed by atoms with E-state index in [1.54, 1.807) is 37.5 Å². The van der Waals surface area contributed by atoms with E-state index in [0.29, 0.717) is 77.2 Å². The highest BCUT2D eigenvalue weighted by molar-refractivity contribution is 7.87. The van der Waals surface area contributed by atoms with E-state index < -0.39 is 88.6 Å². The van der Waals surface area contributed by atoms with E-state index >= 15 is 0 Å². The second-order valence-corrected chi connectivity index (χ2v) is 26.0. The summed E-state index contributed by atoms with van der Waals surface area (Å²) in [6.45, 7) is 8.33. The Kier molecular flexibility index (Phi) is 22.3. The number of anilines is 1. The van der Waals surface area contributed by atoms with Crippen LogP contribution in [0.15, 0.2) is 104 Å². The molecular formula is C55H70N3O24S4+. The normalized spacial score (nSPS) is 16.8. The monoisotopic (exact) mass is 1280 g/mol. The van der Waals surface area contributed by atoms with E-state index in [1.165, 1.54) is 19.2 Å². The number of aromatic nitrogens is 1. The number of methoxy groups -OCH3 is 2. The molecule has 1 atom stereocenters. The second-order valence-electron chi connectivity index (χ2n) is 20.4. The van der Waals surface area contributed by atoms with E-state index in [4.69, 9.17) is 42.7 Å². The van der Waals surface area contributed by atoms with E-state index in [-0.39, 0.29) is 114 Å². The fourth-order valence-electron chi connectivity index (χ4n) is 10.5. The lowest BCUT2D eigenvalue weighted by molar-refractivity contribution is -0.442. The molecule has 27 nitrogen and oxygen atoms in total. The molecule has 472 valence electrons. The van der Waals surface area contributed by atoms with Crippen LogP contribution in [0.25, 0.3) is 21.5 Å². The predicted octanol–water partition coefficient (Wildman–Crippen LogP) is 4.61. The van der Waals surface area contributed by atoms with Gasteiger partial charge in [-0.15, -0.1) is 4.73 Å². The van der Waals surface area contributed by atoms with Crippen molar-refractivity contribution in [3.05, 3.63) is 95.7 Å². The number of ether oxygens (including phenoxy) is 8. The highest BCUT2D eigenvalue weighted by Gasteiger charge is 2.48. The van der Waals surface area contributed by atoms with Crippen LogP contribution in [0.4, 0.5) is 11.4 Å². The SMILES string of the molecule is COCCOCCOCCOCCC1(C)C(=CC=CC2=[N+](CCOCCOCCOCCC(=O)On3c(O)ccc3O)c3ccc4c(S(=O)(=O)O)cc(S(=O)(=O)O)cc4c3C2(C)C)N(CCOC)c2ccc3c(S(=O)(=O)O)cc(S(=O)(=O)O)cc3c21. The smallest absolute Gasteiger partial charge is 0.335 e. The van der Waals surface area contributed by atoms with Crippen LogP contribution in [0.1, 0.15) is 44.7 Å². The summed E-state index contributed by atoms with van der Waals surface area (Å²) in [6, 6.07) is 12.0. The highest BCUT2D eigenvalue weighted by atomic mass is 32.2. The average molecular weight is 1290 g/mol. The van der Waals surface area contributed by atoms with Gasteiger partial charge in [0, 0.05) is 84.8 Å². The van der Waals surface area contributed by atoms with Gasteiger partial charge >= 0.3 is 5.97 Å². The fraction of sp³-hybridized carbons (Fsp3) is 0.455. The van der Waals surface area contributed by atoms with Gasteiger partial charge in [0.2, 0.25) is 17.4 Å². The number of rotatable bonds is 34. The zero-order valence-electron chi connectivity index (χ0n) is 47.7. The molecule has 1 aromatic heterocycles. The number of fused-ring (bicyclic) bond motifs is 6. The Hall–Kier alpha value is -5.98. The Morgan fingerprint density at radius 1 is 0.558 bits per heavy atom. The Balaban J connectivity index is 1.23. The van der Waals surface area contributed by atoms with Gasteiger partial charge in [-0.1, -0.05) is 12.1 Å². The summed E-state index contributed by atoms with van der Waals surface area (Å²) < 4.78 is 191. The Labute approximate surface area is 497 Å². The number of hydrogen-bond donors (Lipinski definition) is 6. The first-order valence-electron chi connectivity index (χ1n) is 26.7. The molecule has 0 aliphatic carbocycles. The lowest BCUT2D eigenvalue weighted by atomic mass is 9.76. The number of benzene rings is 4. The van der Waals surface area contributed by atoms with Crippen molar-refractivity contribution >= 4 is 85.1 Å². The van der Waals surface area contributed by atoms with Crippen LogP contribution in [-0.4, -0.2) is 203 Å². The molecule has 0 saturated carbocycles. The molecule has 2 aliphatic heterocycles. The van der Waals surface area contributed by atoms with Gasteiger partial charge in [-0.2, -0.15) is 38.2 Å². The number of carbonyl (C=O) groups is 1. The van der Waals surface area contributed by atoms with Gasteiger partial charge in [0.1, 0.15) is 16.4 Å². The quantitative estimate of drug-likeness (QED) is 0.0186. The largest absolute Gasteiger partial charge is 0.492 e. The molecule has 0 saturated heterocycles. The van der Waals surface area contributed by atoms with Crippen molar-refractivity contribution in [2.24, 2.45) is 0 Å². The van der Waals surface area contributed by atoms with Crippen molar-refractivity contribution in [2.45, 2.75) is 64.0 Å². The van der Waals surface area contributed by atoms with Crippen LogP contribution < -0.4 is 9.74 Å². The standard InChI is InChI=1S/C55H69N3O24S4/c1-54(2)47(56(43-11-9-39-41(52(43)54)33-37(83(62,63)64)35-45(39)85(68,69)70)18-22-78-27-30-80-28-25-76-19-15-51(61)82-58-49(59)13-14-50(58)60)7-6-8-48-55(3,16-20-77-26-29-81-32-31-79-24-23-75-5)53-42-34-38(84(65,66)67)36-46(86(71,72)73)40(42)10-12-44(53)57(48)17-21-74-4/h6-14,33-36H,15-32H2,1-5H3,(H5-,59,60,62,63,64,65,66,67,68,69,70,71,72,73)/p+1. The average Bonchev–Trinajstić information content (AvgIpc) is 1.52. The third-order valence-corrected chi connectivity index (χ3v) is 17.8. The summed E-state index contributed by atoms with van der Waals surface area (Å²) in [4.78, 5) is 15.8. The molecule has 6 N–H and O–H groups in total. The first-order valence-corrected chi connectivity index (χ1v) is 32.5. The zero-order chi connectivity index (χ0) is 62.8. The van der Waals surface area contributed by atoms with Crippen molar-refractivity contribution < 1.29 is 114 Å². The van der Waals surface area contributed by atoms with Crippen molar-refractivity contribution in [3.63, 3.8) is 0 Å². The van der Waals surface area contributed by atoms with Gasteiger partial charge in [0.25, 0.3) is 40.5 Å². The molecule has 0 amide bonds. The Morgan fingerprint density at radius 3 is 1.55 bits per heavy atom. The van der Waals surface area contributed by atoms with Gasteiger partial charge in [-0.3, -0.25) is 18.2 Å². The Bertz CT molecular complexity index is 3840. The van der Waals surface area contributed by atoms with E-state index in [0.717, 1.165) is 24.3 Å². The molecule has 0 bridgehead atoms. The van der Waals surface area contributed by atoms with Gasteiger partial charge < -0.3 is 57.8 Å². The number of aromatic hydroxyl groups is 2. The minimum absolute atomic E-state index is 0.0376. The molecule has 0 fully saturated rings. The van der Waals surface area contributed by atoms with Crippen LogP contribution in [0, 0.1) is 0 Å². The third kappa shape index (κ3) is 15.8. The van der Waals surface area contributed by atoms with Gasteiger partial charge in [-0.25, -0.2) is 4.79 Å². The summed E-state index contributed by atoms with van der Waals surface area (Å²) >= 11 is 0. The van der Waals surface area contributed by atoms with Gasteiger partial charge in [0.15, 0.2) is 12.3 Å². The third-order valence-electron chi connectivity index (χ3n) is 14.4. The second kappa shape index (κ2) is 28.5. The van der Waals surface area contributed by atoms with Gasteiger partial charge in [-0.05, 0) is 86.0 Å². The summed E-state index contributed by atoms with van der Waals surface area (Å²) in [7, 11) is -17.2. The van der Waals surface area contributed by atoms with Crippen molar-refractivity contribution in [1.82, 2.24) is 4.73 Å². The summed E-state index contributed by atoms with van der Waals surface area (Å²) in [5.41, 5.74) is 0.693. The molecule has 1 unspecified atom stereocenters. The lowest BCUT2D eigenvalue weighted by Gasteiger charge is -2.31. The number of hydrogen-bond acceptors (Lipinski definition) is 21. The Morgan fingerprint density at radius 2 is 1.03 bits per heavy atom. The lowest BCUT2D eigenvalue weighted by Crippen LogP contribution is -2.32. The van der Waals surface area contributed by atoms with Crippen molar-refractivity contribution in [2.75, 3.05) is 125 Å². The molecule has 86 heavy (non-hydrogen) atoms. The fourth-order valence-corrected chi connectivity index (χ4v) is 13.1. The summed E-state index contributed by atoms with van der Waals surface area (Å²) in [5.74, 6) is -1.70. The first kappa shape index (κ1) is 67.5. The van der Waals surface area contributed by atoms with E-state index in [9.17, 15) is 66.9 Å². The minimum Gasteiger partial charge on any atom is -0.492 e. The maximum Gasteiger partial charge on any atom is 0.335 e. The van der Waals surface area contributed by atoms with Crippen molar-refractivity contribution in [1.29, 1.82) is 0 Å². The molecule has 7 rings (SSSR count). The van der Waals surface area contributed by atoms with Crippen LogP contribution >= 0.6 is 0 Å². The molecule has 0 radical (unpaired) electrons. The van der Waals surface area contributed by atoms with Crippen molar-refractivity contribution in [3.8, 4) is 11.8 Å². The van der Waals surface area contributed by atoms with Crippen LogP contribution in [0.3, 0.4) is 0 Å². The van der Waals surface area contributed by atoms with Crippen LogP contribution in [-0.2, 0) is 94.0 Å². The van der Waals surface area contributed by atoms with E-state index in [1.807, 2.05) is 30.2 Å². The predicted molar refractivity (Wildman–Crippen MR) is 309 cm³/mol. The summed E-state index contributed by atoms with van der Waals surface area (Å²) in [6.07, 6.45) is 5.30. The maximum atomic E-state index is 13.0. The highest BCUT2D eigenvalue weighted by Crippen LogP contribution is 2.54.